The second-order valence-electron chi connectivity index (χ2n) is 9.82. The predicted octanol–water partition coefficient (Wildman–Crippen LogP) is 11.3. The third kappa shape index (κ3) is 7.07. The molecule has 178 valence electrons. The third-order valence-electron chi connectivity index (χ3n) is 6.75. The first-order chi connectivity index (χ1) is 15.1. The summed E-state index contributed by atoms with van der Waals surface area (Å²) >= 11 is 11.3. The summed E-state index contributed by atoms with van der Waals surface area (Å²) in [4.78, 5) is 2.82. The molecule has 5 heteroatoms. The molecule has 2 aromatic rings. The van der Waals surface area contributed by atoms with E-state index in [1.165, 1.54) is 60.6 Å². The van der Waals surface area contributed by atoms with Crippen molar-refractivity contribution in [3.05, 3.63) is 30.8 Å². The molecule has 0 unspecified atom stereocenters. The van der Waals surface area contributed by atoms with Gasteiger partial charge < -0.3 is 0 Å². The van der Waals surface area contributed by atoms with Gasteiger partial charge in [-0.05, 0) is 91.0 Å². The molecule has 0 fully saturated rings. The maximum Gasteiger partial charge on any atom is 0.145 e. The normalized spacial score (nSPS) is 12.1. The van der Waals surface area contributed by atoms with Crippen molar-refractivity contribution in [1.29, 1.82) is 0 Å². The summed E-state index contributed by atoms with van der Waals surface area (Å²) in [7, 11) is -1.63. The van der Waals surface area contributed by atoms with Crippen LogP contribution in [0, 0.1) is 11.5 Å². The van der Waals surface area contributed by atoms with Crippen LogP contribution < -0.4 is 0 Å². The number of thiophene rings is 2. The smallest absolute Gasteiger partial charge is 0.130 e. The minimum Gasteiger partial charge on any atom is -0.130 e. The van der Waals surface area contributed by atoms with Gasteiger partial charge in [-0.2, -0.15) is 0 Å². The van der Waals surface area contributed by atoms with E-state index in [0.29, 0.717) is 16.6 Å². The van der Waals surface area contributed by atoms with Crippen molar-refractivity contribution in [2.75, 3.05) is 0 Å². The molecule has 2 rings (SSSR count). The molecule has 0 atom stereocenters. The Labute approximate surface area is 223 Å². The summed E-state index contributed by atoms with van der Waals surface area (Å²) in [6, 6.07) is 4.73. The van der Waals surface area contributed by atoms with Gasteiger partial charge in [-0.1, -0.05) is 67.7 Å². The molecule has 0 saturated carbocycles. The lowest BCUT2D eigenvalue weighted by atomic mass is 10.1. The van der Waals surface area contributed by atoms with Gasteiger partial charge >= 0.3 is 0 Å². The molecule has 2 aromatic heterocycles. The molecule has 0 nitrogen and oxygen atoms in total. The molecule has 0 N–H and O–H groups in total. The van der Waals surface area contributed by atoms with Crippen molar-refractivity contribution in [2.45, 2.75) is 110 Å². The average Bonchev–Trinajstić information content (AvgIpc) is 3.26. The lowest BCUT2D eigenvalue weighted by Crippen LogP contribution is -2.43. The van der Waals surface area contributed by atoms with E-state index in [4.69, 9.17) is 0 Å². The Hall–Kier alpha value is 0.137. The molecule has 0 saturated heterocycles. The molecule has 0 radical (unpaired) electrons. The number of hydrogen-bond acceptors (Lipinski definition) is 2. The zero-order chi connectivity index (χ0) is 23.9. The van der Waals surface area contributed by atoms with E-state index in [9.17, 15) is 0 Å². The largest absolute Gasteiger partial charge is 0.145 e. The lowest BCUT2D eigenvalue weighted by molar-refractivity contribution is 0.667. The van der Waals surface area contributed by atoms with Gasteiger partial charge in [0.2, 0.25) is 0 Å². The van der Waals surface area contributed by atoms with Gasteiger partial charge in [-0.15, -0.1) is 34.1 Å². The van der Waals surface area contributed by atoms with Crippen LogP contribution in [-0.2, 0) is 12.8 Å². The van der Waals surface area contributed by atoms with Gasteiger partial charge in [0.25, 0.3) is 0 Å². The molecule has 32 heavy (non-hydrogen) atoms. The molecule has 0 aliphatic heterocycles. The van der Waals surface area contributed by atoms with Gasteiger partial charge in [0.05, 0.1) is 7.57 Å². The van der Waals surface area contributed by atoms with Crippen molar-refractivity contribution in [2.24, 2.45) is 0 Å². The molecular weight excluding hydrogens is 576 g/mol. The number of unbranched alkanes of at least 4 members (excludes halogenated alkanes) is 3. The minimum atomic E-state index is -1.63. The Balaban J connectivity index is 2.17. The Morgan fingerprint density at radius 3 is 2.09 bits per heavy atom. The Bertz CT molecular complexity index is 890. The van der Waals surface area contributed by atoms with E-state index < -0.39 is 8.07 Å². The quantitative estimate of drug-likeness (QED) is 0.134. The highest BCUT2D eigenvalue weighted by Crippen LogP contribution is 2.43. The van der Waals surface area contributed by atoms with E-state index in [1.54, 1.807) is 0 Å². The van der Waals surface area contributed by atoms with E-state index in [-0.39, 0.29) is 0 Å². The molecular formula is C27H40Br2S2Si. The molecule has 0 amide bonds. The monoisotopic (exact) mass is 614 g/mol. The fraction of sp³-hybridized carbons (Fsp3) is 0.630. The summed E-state index contributed by atoms with van der Waals surface area (Å²) in [5.74, 6) is 3.66. The van der Waals surface area contributed by atoms with Gasteiger partial charge in [-0.3, -0.25) is 0 Å². The highest BCUT2D eigenvalue weighted by molar-refractivity contribution is 9.11. The topological polar surface area (TPSA) is 0 Å². The molecule has 0 aromatic carbocycles. The van der Waals surface area contributed by atoms with Crippen LogP contribution in [0.4, 0.5) is 0 Å². The summed E-state index contributed by atoms with van der Waals surface area (Å²) < 4.78 is 2.53. The number of hydrogen-bond donors (Lipinski definition) is 0. The Morgan fingerprint density at radius 2 is 1.50 bits per heavy atom. The summed E-state index contributed by atoms with van der Waals surface area (Å²) in [5, 5.41) is 0. The fourth-order valence-corrected chi connectivity index (χ4v) is 14.0. The predicted molar refractivity (Wildman–Crippen MR) is 158 cm³/mol. The van der Waals surface area contributed by atoms with Crippen molar-refractivity contribution in [3.63, 3.8) is 0 Å². The van der Waals surface area contributed by atoms with Gasteiger partial charge in [0.15, 0.2) is 0 Å². The second-order valence-corrected chi connectivity index (χ2v) is 20.2. The third-order valence-corrected chi connectivity index (χ3v) is 16.9. The van der Waals surface area contributed by atoms with E-state index in [2.05, 4.69) is 104 Å². The van der Waals surface area contributed by atoms with Crippen LogP contribution in [0.2, 0.25) is 16.6 Å². The summed E-state index contributed by atoms with van der Waals surface area (Å²) in [6.45, 7) is 16.6. The van der Waals surface area contributed by atoms with Crippen LogP contribution in [-0.4, -0.2) is 8.07 Å². The highest BCUT2D eigenvalue weighted by atomic mass is 79.9. The minimum absolute atomic E-state index is 0.695. The summed E-state index contributed by atoms with van der Waals surface area (Å²) in [6.07, 6.45) is 8.41. The zero-order valence-electron chi connectivity index (χ0n) is 20.9. The molecule has 2 heterocycles. The van der Waals surface area contributed by atoms with Crippen LogP contribution in [0.1, 0.15) is 91.7 Å². The van der Waals surface area contributed by atoms with Crippen molar-refractivity contribution in [3.8, 4) is 21.2 Å². The zero-order valence-corrected chi connectivity index (χ0v) is 26.7. The maximum atomic E-state index is 3.89. The number of rotatable bonds is 11. The maximum absolute atomic E-state index is 3.89. The van der Waals surface area contributed by atoms with Crippen molar-refractivity contribution >= 4 is 62.6 Å². The van der Waals surface area contributed by atoms with Gasteiger partial charge in [0, 0.05) is 16.2 Å². The second kappa shape index (κ2) is 13.3. The Kier molecular flexibility index (Phi) is 11.8. The lowest BCUT2D eigenvalue weighted by Gasteiger charge is -2.38. The summed E-state index contributed by atoms with van der Waals surface area (Å²) in [5.41, 5.74) is 8.88. The highest BCUT2D eigenvalue weighted by Gasteiger charge is 2.41. The fourth-order valence-electron chi connectivity index (χ4n) is 5.07. The van der Waals surface area contributed by atoms with Crippen LogP contribution in [0.3, 0.4) is 0 Å². The number of halogens is 2. The van der Waals surface area contributed by atoms with Crippen LogP contribution in [0.5, 0.6) is 0 Å². The molecule has 0 aliphatic carbocycles. The van der Waals surface area contributed by atoms with E-state index in [1.807, 2.05) is 22.7 Å². The average molecular weight is 617 g/mol. The van der Waals surface area contributed by atoms with Crippen molar-refractivity contribution < 1.29 is 0 Å². The Morgan fingerprint density at radius 1 is 0.844 bits per heavy atom. The van der Waals surface area contributed by atoms with E-state index >= 15 is 0 Å². The first kappa shape index (κ1) is 28.4. The molecule has 0 spiro atoms. The van der Waals surface area contributed by atoms with Gasteiger partial charge in [-0.25, -0.2) is 0 Å². The van der Waals surface area contributed by atoms with Crippen LogP contribution in [0.15, 0.2) is 19.7 Å². The van der Waals surface area contributed by atoms with Crippen LogP contribution >= 0.6 is 54.5 Å². The SMILES string of the molecule is CCCCCCc1cc(-c2sc(Br)cc2CCC#C[Si](C(C)C)(C(C)C)C(C)C)sc1Br. The van der Waals surface area contributed by atoms with Gasteiger partial charge in [0.1, 0.15) is 8.07 Å². The molecule has 0 bridgehead atoms. The van der Waals surface area contributed by atoms with E-state index in [0.717, 1.165) is 12.8 Å². The standard InChI is InChI=1S/C27H40Br2S2Si/c1-8-9-10-11-15-23-17-24(30-27(23)29)26-22(18-25(28)31-26)14-12-13-16-32(19(2)3,20(4)5)21(6)7/h17-21H,8-12,14-15H2,1-7H3. The first-order valence-corrected chi connectivity index (χ1v) is 17.6. The van der Waals surface area contributed by atoms with Crippen molar-refractivity contribution in [1.82, 2.24) is 0 Å². The molecule has 0 aliphatic rings. The first-order valence-electron chi connectivity index (χ1n) is 12.2. The number of aryl methyl sites for hydroxylation is 2. The van der Waals surface area contributed by atoms with Crippen LogP contribution in [0.25, 0.3) is 9.75 Å².